The highest BCUT2D eigenvalue weighted by Crippen LogP contribution is 2.30. The van der Waals surface area contributed by atoms with Gasteiger partial charge in [0.05, 0.1) is 13.2 Å². The van der Waals surface area contributed by atoms with E-state index in [2.05, 4.69) is 17.4 Å². The van der Waals surface area contributed by atoms with Gasteiger partial charge in [0.25, 0.3) is 0 Å². The SMILES string of the molecule is CC1(C)OC[C@H](C2Nc3ccccc3CO2)O1. The molecule has 1 fully saturated rings. The maximum Gasteiger partial charge on any atom is 0.163 e. The monoisotopic (exact) mass is 235 g/mol. The van der Waals surface area contributed by atoms with Crippen LogP contribution in [-0.2, 0) is 20.8 Å². The molecule has 1 N–H and O–H groups in total. The van der Waals surface area contributed by atoms with Crippen molar-refractivity contribution in [1.29, 1.82) is 0 Å². The third-order valence-electron chi connectivity index (χ3n) is 3.10. The number of benzene rings is 1. The lowest BCUT2D eigenvalue weighted by molar-refractivity contribution is -0.155. The van der Waals surface area contributed by atoms with Crippen molar-refractivity contribution in [1.82, 2.24) is 0 Å². The third-order valence-corrected chi connectivity index (χ3v) is 3.10. The molecule has 2 aliphatic heterocycles. The summed E-state index contributed by atoms with van der Waals surface area (Å²) in [5.74, 6) is -0.507. The highest BCUT2D eigenvalue weighted by atomic mass is 16.8. The van der Waals surface area contributed by atoms with Gasteiger partial charge in [0.1, 0.15) is 6.10 Å². The lowest BCUT2D eigenvalue weighted by Gasteiger charge is -2.31. The van der Waals surface area contributed by atoms with Crippen LogP contribution in [0.3, 0.4) is 0 Å². The third kappa shape index (κ3) is 2.16. The summed E-state index contributed by atoms with van der Waals surface area (Å²) in [6.07, 6.45) is -0.190. The van der Waals surface area contributed by atoms with Crippen LogP contribution in [0.15, 0.2) is 24.3 Å². The lowest BCUT2D eigenvalue weighted by Crippen LogP contribution is -2.41. The minimum atomic E-state index is -0.507. The Morgan fingerprint density at radius 2 is 2.12 bits per heavy atom. The first-order chi connectivity index (χ1) is 8.14. The van der Waals surface area contributed by atoms with E-state index < -0.39 is 5.79 Å². The van der Waals surface area contributed by atoms with E-state index in [-0.39, 0.29) is 12.3 Å². The zero-order chi connectivity index (χ0) is 11.9. The van der Waals surface area contributed by atoms with Crippen molar-refractivity contribution in [2.45, 2.75) is 38.6 Å². The Kier molecular flexibility index (Phi) is 2.58. The maximum atomic E-state index is 5.79. The van der Waals surface area contributed by atoms with Crippen LogP contribution in [0.4, 0.5) is 5.69 Å². The minimum absolute atomic E-state index is 0.0571. The Hall–Kier alpha value is -1.10. The fourth-order valence-electron chi connectivity index (χ4n) is 2.23. The molecule has 4 heteroatoms. The molecule has 3 rings (SSSR count). The minimum Gasteiger partial charge on any atom is -0.358 e. The predicted molar refractivity (Wildman–Crippen MR) is 63.5 cm³/mol. The summed E-state index contributed by atoms with van der Waals surface area (Å²) in [5, 5.41) is 3.35. The lowest BCUT2D eigenvalue weighted by atomic mass is 10.1. The number of ether oxygens (including phenoxy) is 3. The second-order valence-corrected chi connectivity index (χ2v) is 4.90. The van der Waals surface area contributed by atoms with Gasteiger partial charge < -0.3 is 19.5 Å². The molecule has 92 valence electrons. The van der Waals surface area contributed by atoms with E-state index in [0.29, 0.717) is 13.2 Å². The quantitative estimate of drug-likeness (QED) is 0.809. The average Bonchev–Trinajstić information content (AvgIpc) is 2.69. The molecule has 0 aromatic heterocycles. The molecule has 2 atom stereocenters. The van der Waals surface area contributed by atoms with Gasteiger partial charge in [0, 0.05) is 11.3 Å². The topological polar surface area (TPSA) is 39.7 Å². The zero-order valence-corrected chi connectivity index (χ0v) is 10.1. The zero-order valence-electron chi connectivity index (χ0n) is 10.1. The standard InChI is InChI=1S/C13H17NO3/c1-13(2)16-8-11(17-13)12-14-10-6-4-3-5-9(10)7-15-12/h3-6,11-12,14H,7-8H2,1-2H3/t11-,12?/m1/s1. The molecular weight excluding hydrogens is 218 g/mol. The Bertz CT molecular complexity index is 419. The Balaban J connectivity index is 1.72. The van der Waals surface area contributed by atoms with E-state index in [1.54, 1.807) is 0 Å². The molecule has 2 aliphatic rings. The molecule has 0 radical (unpaired) electrons. The maximum absolute atomic E-state index is 5.79. The summed E-state index contributed by atoms with van der Waals surface area (Å²) in [5.41, 5.74) is 2.30. The summed E-state index contributed by atoms with van der Waals surface area (Å²) < 4.78 is 17.1. The van der Waals surface area contributed by atoms with Gasteiger partial charge in [-0.25, -0.2) is 0 Å². The second kappa shape index (κ2) is 3.98. The van der Waals surface area contributed by atoms with Gasteiger partial charge in [-0.15, -0.1) is 0 Å². The summed E-state index contributed by atoms with van der Waals surface area (Å²) in [6, 6.07) is 8.16. The van der Waals surface area contributed by atoms with Crippen LogP contribution in [0.2, 0.25) is 0 Å². The number of para-hydroxylation sites is 1. The van der Waals surface area contributed by atoms with Crippen molar-refractivity contribution in [2.75, 3.05) is 11.9 Å². The van der Waals surface area contributed by atoms with Gasteiger partial charge in [0.15, 0.2) is 12.0 Å². The smallest absolute Gasteiger partial charge is 0.163 e. The molecule has 0 aliphatic carbocycles. The van der Waals surface area contributed by atoms with Crippen LogP contribution < -0.4 is 5.32 Å². The van der Waals surface area contributed by atoms with Gasteiger partial charge >= 0.3 is 0 Å². The summed E-state index contributed by atoms with van der Waals surface area (Å²) >= 11 is 0. The number of fused-ring (bicyclic) bond motifs is 1. The van der Waals surface area contributed by atoms with Crippen molar-refractivity contribution >= 4 is 5.69 Å². The molecule has 0 spiro atoms. The van der Waals surface area contributed by atoms with Crippen LogP contribution in [0.25, 0.3) is 0 Å². The Labute approximate surface area is 101 Å². The number of rotatable bonds is 1. The summed E-state index contributed by atoms with van der Waals surface area (Å²) in [6.45, 7) is 5.02. The number of hydrogen-bond donors (Lipinski definition) is 1. The molecule has 1 aromatic carbocycles. The first kappa shape index (κ1) is 11.0. The molecule has 0 bridgehead atoms. The molecule has 17 heavy (non-hydrogen) atoms. The fourth-order valence-corrected chi connectivity index (χ4v) is 2.23. The van der Waals surface area contributed by atoms with E-state index in [1.165, 1.54) is 5.56 Å². The second-order valence-electron chi connectivity index (χ2n) is 4.90. The Morgan fingerprint density at radius 3 is 2.88 bits per heavy atom. The van der Waals surface area contributed by atoms with E-state index in [1.807, 2.05) is 26.0 Å². The molecule has 1 unspecified atom stereocenters. The highest BCUT2D eigenvalue weighted by Gasteiger charge is 2.39. The van der Waals surface area contributed by atoms with Gasteiger partial charge in [-0.1, -0.05) is 18.2 Å². The van der Waals surface area contributed by atoms with E-state index in [0.717, 1.165) is 5.69 Å². The van der Waals surface area contributed by atoms with E-state index in [4.69, 9.17) is 14.2 Å². The van der Waals surface area contributed by atoms with Crippen LogP contribution in [0.1, 0.15) is 19.4 Å². The van der Waals surface area contributed by atoms with Gasteiger partial charge in [-0.2, -0.15) is 0 Å². The molecule has 0 saturated carbocycles. The predicted octanol–water partition coefficient (Wildman–Crippen LogP) is 2.11. The molecule has 4 nitrogen and oxygen atoms in total. The van der Waals surface area contributed by atoms with Crippen molar-refractivity contribution in [3.05, 3.63) is 29.8 Å². The van der Waals surface area contributed by atoms with Crippen LogP contribution in [0.5, 0.6) is 0 Å². The van der Waals surface area contributed by atoms with Crippen LogP contribution in [-0.4, -0.2) is 24.7 Å². The van der Waals surface area contributed by atoms with Crippen molar-refractivity contribution in [3.63, 3.8) is 0 Å². The first-order valence-corrected chi connectivity index (χ1v) is 5.92. The number of anilines is 1. The molecule has 0 amide bonds. The largest absolute Gasteiger partial charge is 0.358 e. The molecule has 1 saturated heterocycles. The molecule has 2 heterocycles. The highest BCUT2D eigenvalue weighted by molar-refractivity contribution is 5.52. The van der Waals surface area contributed by atoms with Gasteiger partial charge in [0.2, 0.25) is 0 Å². The number of hydrogen-bond acceptors (Lipinski definition) is 4. The van der Waals surface area contributed by atoms with E-state index >= 15 is 0 Å². The molecule has 1 aromatic rings. The normalized spacial score (nSPS) is 30.7. The fraction of sp³-hybridized carbons (Fsp3) is 0.538. The van der Waals surface area contributed by atoms with Crippen molar-refractivity contribution in [3.8, 4) is 0 Å². The van der Waals surface area contributed by atoms with Crippen LogP contribution in [0, 0.1) is 0 Å². The van der Waals surface area contributed by atoms with Crippen molar-refractivity contribution in [2.24, 2.45) is 0 Å². The summed E-state index contributed by atoms with van der Waals surface area (Å²) in [4.78, 5) is 0. The number of nitrogens with one attached hydrogen (secondary N) is 1. The average molecular weight is 235 g/mol. The van der Waals surface area contributed by atoms with Gasteiger partial charge in [-0.05, 0) is 19.9 Å². The van der Waals surface area contributed by atoms with Crippen LogP contribution >= 0.6 is 0 Å². The van der Waals surface area contributed by atoms with Crippen molar-refractivity contribution < 1.29 is 14.2 Å². The van der Waals surface area contributed by atoms with Gasteiger partial charge in [-0.3, -0.25) is 0 Å². The Morgan fingerprint density at radius 1 is 1.29 bits per heavy atom. The van der Waals surface area contributed by atoms with E-state index in [9.17, 15) is 0 Å². The molecular formula is C13H17NO3. The summed E-state index contributed by atoms with van der Waals surface area (Å²) in [7, 11) is 0. The first-order valence-electron chi connectivity index (χ1n) is 5.92.